The third-order valence-corrected chi connectivity index (χ3v) is 5.59. The molecule has 0 aliphatic rings. The molecule has 1 unspecified atom stereocenters. The van der Waals surface area contributed by atoms with E-state index in [0.717, 1.165) is 48.3 Å². The maximum Gasteiger partial charge on any atom is 0.339 e. The summed E-state index contributed by atoms with van der Waals surface area (Å²) in [7, 11) is 1.42. The normalized spacial score (nSPS) is 12.3. The van der Waals surface area contributed by atoms with Crippen molar-refractivity contribution in [1.29, 1.82) is 0 Å². The van der Waals surface area contributed by atoms with E-state index in [0.29, 0.717) is 5.56 Å². The first-order valence-electron chi connectivity index (χ1n) is 11.7. The first-order chi connectivity index (χ1) is 16.2. The van der Waals surface area contributed by atoms with Crippen LogP contribution in [0.15, 0.2) is 54.7 Å². The van der Waals surface area contributed by atoms with Crippen LogP contribution in [0.3, 0.4) is 0 Å². The molecule has 0 saturated heterocycles. The molecular formula is C28H34N2O4. The lowest BCUT2D eigenvalue weighted by Gasteiger charge is -2.20. The summed E-state index contributed by atoms with van der Waals surface area (Å²) in [4.78, 5) is 32.0. The van der Waals surface area contributed by atoms with E-state index >= 15 is 0 Å². The summed E-state index contributed by atoms with van der Waals surface area (Å²) in [5.41, 5.74) is 4.08. The molecule has 3 rings (SSSR count). The zero-order valence-electron chi connectivity index (χ0n) is 20.7. The van der Waals surface area contributed by atoms with E-state index in [9.17, 15) is 9.59 Å². The summed E-state index contributed by atoms with van der Waals surface area (Å²) in [5, 5.41) is 0. The van der Waals surface area contributed by atoms with Crippen molar-refractivity contribution >= 4 is 11.9 Å². The van der Waals surface area contributed by atoms with Crippen LogP contribution in [0.25, 0.3) is 11.1 Å². The molecule has 0 aliphatic carbocycles. The van der Waals surface area contributed by atoms with Crippen LogP contribution in [0.1, 0.15) is 61.6 Å². The quantitative estimate of drug-likeness (QED) is 0.421. The molecule has 0 spiro atoms. The van der Waals surface area contributed by atoms with Crippen LogP contribution in [0.5, 0.6) is 0 Å². The summed E-state index contributed by atoms with van der Waals surface area (Å²) in [5.74, 6) is 0.300. The highest BCUT2D eigenvalue weighted by atomic mass is 16.6. The maximum atomic E-state index is 12.7. The van der Waals surface area contributed by atoms with Crippen LogP contribution in [0.4, 0.5) is 0 Å². The number of benzene rings is 2. The standard InChI is InChI=1S/C28H34N2O4/c1-19(26(31)33-5)10-16-22-18-29-25(30-22)17-13-20-11-14-21(15-12-20)23-8-6-7-9-24(23)27(32)34-28(2,3)4/h6-9,11-12,14-15,18-19H,10,13,16-17H2,1-5H3,(H,29,30). The van der Waals surface area contributed by atoms with Crippen molar-refractivity contribution in [2.75, 3.05) is 7.11 Å². The van der Waals surface area contributed by atoms with Crippen molar-refractivity contribution in [2.24, 2.45) is 5.92 Å². The van der Waals surface area contributed by atoms with Crippen molar-refractivity contribution in [3.05, 3.63) is 77.4 Å². The van der Waals surface area contributed by atoms with Crippen LogP contribution >= 0.6 is 0 Å². The molecule has 1 atom stereocenters. The first-order valence-corrected chi connectivity index (χ1v) is 11.7. The number of methoxy groups -OCH3 is 1. The van der Waals surface area contributed by atoms with Gasteiger partial charge >= 0.3 is 11.9 Å². The van der Waals surface area contributed by atoms with Crippen molar-refractivity contribution in [2.45, 2.75) is 59.0 Å². The Morgan fingerprint density at radius 2 is 1.71 bits per heavy atom. The Morgan fingerprint density at radius 1 is 1.00 bits per heavy atom. The summed E-state index contributed by atoms with van der Waals surface area (Å²) < 4.78 is 10.4. The number of nitrogens with one attached hydrogen (secondary N) is 1. The van der Waals surface area contributed by atoms with Crippen molar-refractivity contribution in [3.63, 3.8) is 0 Å². The Hall–Kier alpha value is -3.41. The van der Waals surface area contributed by atoms with Gasteiger partial charge in [0.05, 0.1) is 18.6 Å². The number of nitrogens with zero attached hydrogens (tertiary/aromatic N) is 1. The van der Waals surface area contributed by atoms with Gasteiger partial charge in [0, 0.05) is 18.3 Å². The Balaban J connectivity index is 1.60. The summed E-state index contributed by atoms with van der Waals surface area (Å²) in [6.07, 6.45) is 4.96. The minimum Gasteiger partial charge on any atom is -0.469 e. The van der Waals surface area contributed by atoms with E-state index < -0.39 is 5.60 Å². The second-order valence-electron chi connectivity index (χ2n) is 9.56. The number of hydrogen-bond donors (Lipinski definition) is 1. The third-order valence-electron chi connectivity index (χ3n) is 5.59. The van der Waals surface area contributed by atoms with Gasteiger partial charge in [0.25, 0.3) is 0 Å². The van der Waals surface area contributed by atoms with E-state index in [4.69, 9.17) is 9.47 Å². The van der Waals surface area contributed by atoms with Gasteiger partial charge < -0.3 is 14.5 Å². The average molecular weight is 463 g/mol. The van der Waals surface area contributed by atoms with Gasteiger partial charge in [-0.1, -0.05) is 49.4 Å². The van der Waals surface area contributed by atoms with E-state index in [-0.39, 0.29) is 17.9 Å². The molecule has 1 N–H and O–H groups in total. The predicted molar refractivity (Wildman–Crippen MR) is 133 cm³/mol. The van der Waals surface area contributed by atoms with Gasteiger partial charge in [0.2, 0.25) is 0 Å². The Morgan fingerprint density at radius 3 is 2.38 bits per heavy atom. The summed E-state index contributed by atoms with van der Waals surface area (Å²) >= 11 is 0. The van der Waals surface area contributed by atoms with E-state index in [1.807, 2.05) is 64.2 Å². The lowest BCUT2D eigenvalue weighted by Crippen LogP contribution is -2.24. The number of ether oxygens (including phenoxy) is 2. The zero-order chi connectivity index (χ0) is 24.7. The third kappa shape index (κ3) is 7.04. The Bertz CT molecular complexity index is 1110. The number of hydrogen-bond acceptors (Lipinski definition) is 5. The molecule has 0 radical (unpaired) electrons. The van der Waals surface area contributed by atoms with E-state index in [1.54, 1.807) is 6.07 Å². The Labute approximate surface area is 201 Å². The van der Waals surface area contributed by atoms with Crippen molar-refractivity contribution in [3.8, 4) is 11.1 Å². The van der Waals surface area contributed by atoms with Gasteiger partial charge in [0.15, 0.2) is 0 Å². The largest absolute Gasteiger partial charge is 0.469 e. The smallest absolute Gasteiger partial charge is 0.339 e. The number of carbonyl (C=O) groups excluding carboxylic acids is 2. The van der Waals surface area contributed by atoms with Gasteiger partial charge in [0.1, 0.15) is 11.4 Å². The molecule has 0 aliphatic heterocycles. The second-order valence-corrected chi connectivity index (χ2v) is 9.56. The lowest BCUT2D eigenvalue weighted by molar-refractivity contribution is -0.145. The molecule has 34 heavy (non-hydrogen) atoms. The molecule has 0 saturated carbocycles. The molecule has 3 aromatic rings. The number of carbonyl (C=O) groups is 2. The number of esters is 2. The van der Waals surface area contributed by atoms with Crippen LogP contribution in [-0.2, 0) is 33.5 Å². The number of H-pyrrole nitrogens is 1. The van der Waals surface area contributed by atoms with Gasteiger partial charge in [-0.3, -0.25) is 4.79 Å². The maximum absolute atomic E-state index is 12.7. The highest BCUT2D eigenvalue weighted by molar-refractivity contribution is 5.97. The first kappa shape index (κ1) is 25.2. The fourth-order valence-electron chi connectivity index (χ4n) is 3.71. The minimum absolute atomic E-state index is 0.129. The van der Waals surface area contributed by atoms with Crippen LogP contribution in [-0.4, -0.2) is 34.6 Å². The molecule has 0 amide bonds. The molecule has 180 valence electrons. The van der Waals surface area contributed by atoms with Crippen LogP contribution in [0, 0.1) is 5.92 Å². The van der Waals surface area contributed by atoms with E-state index in [1.165, 1.54) is 12.7 Å². The molecule has 1 aromatic heterocycles. The van der Waals surface area contributed by atoms with Crippen molar-refractivity contribution in [1.82, 2.24) is 9.97 Å². The van der Waals surface area contributed by atoms with Gasteiger partial charge in [-0.05, 0) is 62.8 Å². The molecule has 0 bridgehead atoms. The molecule has 1 heterocycles. The van der Waals surface area contributed by atoms with Crippen LogP contribution < -0.4 is 0 Å². The lowest BCUT2D eigenvalue weighted by atomic mass is 9.97. The number of aromatic nitrogens is 2. The van der Waals surface area contributed by atoms with Crippen molar-refractivity contribution < 1.29 is 19.1 Å². The number of rotatable bonds is 9. The highest BCUT2D eigenvalue weighted by Crippen LogP contribution is 2.26. The average Bonchev–Trinajstić information content (AvgIpc) is 3.27. The topological polar surface area (TPSA) is 81.3 Å². The second kappa shape index (κ2) is 11.1. The van der Waals surface area contributed by atoms with Crippen LogP contribution in [0.2, 0.25) is 0 Å². The zero-order valence-corrected chi connectivity index (χ0v) is 20.7. The SMILES string of the molecule is COC(=O)C(C)CCc1cnc(CCc2ccc(-c3ccccc3C(=O)OC(C)(C)C)cc2)[nH]1. The minimum atomic E-state index is -0.542. The Kier molecular flexibility index (Phi) is 8.26. The molecular weight excluding hydrogens is 428 g/mol. The van der Waals surface area contributed by atoms with Gasteiger partial charge in [-0.25, -0.2) is 9.78 Å². The molecule has 0 fully saturated rings. The number of aromatic amines is 1. The van der Waals surface area contributed by atoms with E-state index in [2.05, 4.69) is 22.1 Å². The number of imidazole rings is 1. The molecule has 6 nitrogen and oxygen atoms in total. The fraction of sp³-hybridized carbons (Fsp3) is 0.393. The van der Waals surface area contributed by atoms with Gasteiger partial charge in [-0.15, -0.1) is 0 Å². The predicted octanol–water partition coefficient (Wildman–Crippen LogP) is 5.56. The highest BCUT2D eigenvalue weighted by Gasteiger charge is 2.20. The fourth-order valence-corrected chi connectivity index (χ4v) is 3.71. The van der Waals surface area contributed by atoms with Gasteiger partial charge in [-0.2, -0.15) is 0 Å². The molecule has 6 heteroatoms. The summed E-state index contributed by atoms with van der Waals surface area (Å²) in [6, 6.07) is 15.8. The summed E-state index contributed by atoms with van der Waals surface area (Å²) in [6.45, 7) is 7.48. The number of aryl methyl sites for hydroxylation is 3. The molecule has 2 aromatic carbocycles. The monoisotopic (exact) mass is 462 g/mol.